The summed E-state index contributed by atoms with van der Waals surface area (Å²) in [6.07, 6.45) is 1.73. The highest BCUT2D eigenvalue weighted by Crippen LogP contribution is 2.28. The van der Waals surface area contributed by atoms with Crippen molar-refractivity contribution in [2.45, 2.75) is 33.3 Å². The Kier molecular flexibility index (Phi) is 8.70. The summed E-state index contributed by atoms with van der Waals surface area (Å²) in [6.45, 7) is 6.53. The van der Waals surface area contributed by atoms with Crippen molar-refractivity contribution in [2.75, 3.05) is 13.7 Å². The molecule has 0 heterocycles. The van der Waals surface area contributed by atoms with Crippen LogP contribution in [0.2, 0.25) is 0 Å². The lowest BCUT2D eigenvalue weighted by Crippen LogP contribution is -2.33. The first kappa shape index (κ1) is 22.8. The topological polar surface area (TPSA) is 92.9 Å². The van der Waals surface area contributed by atoms with Gasteiger partial charge in [0.05, 0.1) is 31.6 Å². The maximum absolute atomic E-state index is 12.2. The van der Waals surface area contributed by atoms with E-state index in [0.29, 0.717) is 35.3 Å². The van der Waals surface area contributed by atoms with Crippen LogP contribution in [0.3, 0.4) is 0 Å². The molecule has 158 valence electrons. The van der Waals surface area contributed by atoms with Crippen LogP contribution in [-0.2, 0) is 4.79 Å². The number of carbonyl (C=O) groups is 1. The molecule has 0 aromatic heterocycles. The highest BCUT2D eigenvalue weighted by molar-refractivity contribution is 5.84. The zero-order chi connectivity index (χ0) is 21.9. The average Bonchev–Trinajstić information content (AvgIpc) is 2.74. The van der Waals surface area contributed by atoms with Crippen LogP contribution in [0, 0.1) is 17.2 Å². The lowest BCUT2D eigenvalue weighted by Gasteiger charge is -2.13. The molecule has 0 aliphatic carbocycles. The molecule has 0 bridgehead atoms. The molecule has 7 nitrogen and oxygen atoms in total. The first-order chi connectivity index (χ1) is 14.4. The molecule has 30 heavy (non-hydrogen) atoms. The highest BCUT2D eigenvalue weighted by atomic mass is 16.5. The zero-order valence-electron chi connectivity index (χ0n) is 17.7. The van der Waals surface area contributed by atoms with E-state index in [1.54, 1.807) is 44.4 Å². The molecule has 0 fully saturated rings. The number of benzene rings is 2. The van der Waals surface area contributed by atoms with E-state index in [-0.39, 0.29) is 0 Å². The monoisotopic (exact) mass is 409 g/mol. The third-order valence-electron chi connectivity index (χ3n) is 4.19. The van der Waals surface area contributed by atoms with Gasteiger partial charge in [-0.1, -0.05) is 13.8 Å². The molecule has 2 aromatic carbocycles. The minimum Gasteiger partial charge on any atom is -0.493 e. The first-order valence-corrected chi connectivity index (χ1v) is 9.73. The second kappa shape index (κ2) is 11.5. The van der Waals surface area contributed by atoms with Gasteiger partial charge in [0, 0.05) is 0 Å². The van der Waals surface area contributed by atoms with E-state index in [9.17, 15) is 4.79 Å². The Labute approximate surface area is 177 Å². The molecular formula is C23H27N3O4. The molecule has 0 aliphatic rings. The van der Waals surface area contributed by atoms with Crippen LogP contribution in [-0.4, -0.2) is 31.9 Å². The van der Waals surface area contributed by atoms with Crippen molar-refractivity contribution in [2.24, 2.45) is 11.0 Å². The van der Waals surface area contributed by atoms with Crippen LogP contribution in [0.25, 0.3) is 0 Å². The molecule has 0 saturated heterocycles. The number of hydrogen-bond acceptors (Lipinski definition) is 6. The van der Waals surface area contributed by atoms with Crippen LogP contribution in [0.5, 0.6) is 17.2 Å². The molecule has 1 unspecified atom stereocenters. The van der Waals surface area contributed by atoms with Crippen molar-refractivity contribution in [1.29, 1.82) is 5.26 Å². The quantitative estimate of drug-likeness (QED) is 0.474. The lowest BCUT2D eigenvalue weighted by atomic mass is 10.1. The molecule has 1 atom stereocenters. The lowest BCUT2D eigenvalue weighted by molar-refractivity contribution is -0.127. The Balaban J connectivity index is 1.89. The number of amides is 1. The first-order valence-electron chi connectivity index (χ1n) is 9.73. The number of nitrogens with zero attached hydrogens (tertiary/aromatic N) is 2. The molecule has 2 rings (SSSR count). The van der Waals surface area contributed by atoms with Crippen molar-refractivity contribution in [3.05, 3.63) is 53.6 Å². The normalized spacial score (nSPS) is 11.7. The molecule has 0 aliphatic heterocycles. The second-order valence-corrected chi connectivity index (χ2v) is 7.07. The minimum atomic E-state index is -0.749. The fraction of sp³-hybridized carbons (Fsp3) is 0.348. The summed E-state index contributed by atoms with van der Waals surface area (Å²) in [6, 6.07) is 14.0. The minimum absolute atomic E-state index is 0.392. The summed E-state index contributed by atoms with van der Waals surface area (Å²) < 4.78 is 16.7. The fourth-order valence-electron chi connectivity index (χ4n) is 2.42. The molecule has 1 N–H and O–H groups in total. The van der Waals surface area contributed by atoms with Gasteiger partial charge < -0.3 is 14.2 Å². The van der Waals surface area contributed by atoms with Crippen LogP contribution in [0.15, 0.2) is 47.6 Å². The van der Waals surface area contributed by atoms with E-state index in [1.165, 1.54) is 6.21 Å². The van der Waals surface area contributed by atoms with Crippen LogP contribution < -0.4 is 19.6 Å². The van der Waals surface area contributed by atoms with Gasteiger partial charge in [-0.05, 0) is 67.3 Å². The van der Waals surface area contributed by atoms with Gasteiger partial charge in [0.1, 0.15) is 5.75 Å². The van der Waals surface area contributed by atoms with Gasteiger partial charge in [-0.15, -0.1) is 0 Å². The summed E-state index contributed by atoms with van der Waals surface area (Å²) >= 11 is 0. The SMILES string of the molecule is COc1cc(/C=N/NC(=O)C(C)Oc2ccc(C#N)cc2)ccc1OCCC(C)C. The van der Waals surface area contributed by atoms with E-state index >= 15 is 0 Å². The van der Waals surface area contributed by atoms with E-state index in [1.807, 2.05) is 18.2 Å². The number of carbonyl (C=O) groups excluding carboxylic acids is 1. The molecule has 0 saturated carbocycles. The van der Waals surface area contributed by atoms with E-state index in [2.05, 4.69) is 24.4 Å². The number of rotatable bonds is 10. The molecule has 1 amide bonds. The van der Waals surface area contributed by atoms with Crippen LogP contribution in [0.1, 0.15) is 38.3 Å². The number of methoxy groups -OCH3 is 1. The van der Waals surface area contributed by atoms with E-state index in [0.717, 1.165) is 12.0 Å². The summed E-state index contributed by atoms with van der Waals surface area (Å²) in [4.78, 5) is 12.2. The standard InChI is InChI=1S/C23H27N3O4/c1-16(2)11-12-29-21-10-7-19(13-22(21)28-4)15-25-26-23(27)17(3)30-20-8-5-18(14-24)6-9-20/h5-10,13,15-17H,11-12H2,1-4H3,(H,26,27)/b25-15+. The van der Waals surface area contributed by atoms with Crippen molar-refractivity contribution in [3.8, 4) is 23.3 Å². The maximum Gasteiger partial charge on any atom is 0.280 e. The van der Waals surface area contributed by atoms with E-state index in [4.69, 9.17) is 19.5 Å². The average molecular weight is 409 g/mol. The second-order valence-electron chi connectivity index (χ2n) is 7.07. The van der Waals surface area contributed by atoms with Gasteiger partial charge in [-0.2, -0.15) is 10.4 Å². The van der Waals surface area contributed by atoms with Gasteiger partial charge in [0.2, 0.25) is 0 Å². The molecule has 0 spiro atoms. The predicted octanol–water partition coefficient (Wildman–Crippen LogP) is 3.91. The third kappa shape index (κ3) is 7.13. The molecule has 7 heteroatoms. The Bertz CT molecular complexity index is 902. The maximum atomic E-state index is 12.2. The Morgan fingerprint density at radius 1 is 1.17 bits per heavy atom. The van der Waals surface area contributed by atoms with E-state index < -0.39 is 12.0 Å². The van der Waals surface area contributed by atoms with Crippen molar-refractivity contribution in [3.63, 3.8) is 0 Å². The Morgan fingerprint density at radius 3 is 2.53 bits per heavy atom. The molecule has 0 radical (unpaired) electrons. The number of nitriles is 1. The smallest absolute Gasteiger partial charge is 0.280 e. The summed E-state index contributed by atoms with van der Waals surface area (Å²) in [5, 5.41) is 12.8. The largest absolute Gasteiger partial charge is 0.493 e. The Hall–Kier alpha value is -3.53. The summed E-state index contributed by atoms with van der Waals surface area (Å²) in [5.74, 6) is 1.94. The van der Waals surface area contributed by atoms with Crippen LogP contribution >= 0.6 is 0 Å². The van der Waals surface area contributed by atoms with Crippen molar-refractivity contribution < 1.29 is 19.0 Å². The molecular weight excluding hydrogens is 382 g/mol. The van der Waals surface area contributed by atoms with Crippen molar-refractivity contribution in [1.82, 2.24) is 5.43 Å². The summed E-state index contributed by atoms with van der Waals surface area (Å²) in [5.41, 5.74) is 3.73. The third-order valence-corrected chi connectivity index (χ3v) is 4.19. The van der Waals surface area contributed by atoms with Gasteiger partial charge in [0.15, 0.2) is 17.6 Å². The summed E-state index contributed by atoms with van der Waals surface area (Å²) in [7, 11) is 1.58. The van der Waals surface area contributed by atoms with Gasteiger partial charge in [-0.25, -0.2) is 5.43 Å². The predicted molar refractivity (Wildman–Crippen MR) is 115 cm³/mol. The number of hydrogen-bond donors (Lipinski definition) is 1. The molecule has 2 aromatic rings. The van der Waals surface area contributed by atoms with Gasteiger partial charge >= 0.3 is 0 Å². The number of nitrogens with one attached hydrogen (secondary N) is 1. The van der Waals surface area contributed by atoms with Gasteiger partial charge in [0.25, 0.3) is 5.91 Å². The number of hydrazone groups is 1. The van der Waals surface area contributed by atoms with Crippen LogP contribution in [0.4, 0.5) is 0 Å². The zero-order valence-corrected chi connectivity index (χ0v) is 17.7. The fourth-order valence-corrected chi connectivity index (χ4v) is 2.42. The number of ether oxygens (including phenoxy) is 3. The highest BCUT2D eigenvalue weighted by Gasteiger charge is 2.14. The Morgan fingerprint density at radius 2 is 1.90 bits per heavy atom. The van der Waals surface area contributed by atoms with Gasteiger partial charge in [-0.3, -0.25) is 4.79 Å². The van der Waals surface area contributed by atoms with Crippen molar-refractivity contribution >= 4 is 12.1 Å².